The summed E-state index contributed by atoms with van der Waals surface area (Å²) in [6.45, 7) is 10.4. The molecule has 2 rings (SSSR count). The predicted octanol–water partition coefficient (Wildman–Crippen LogP) is 2.50. The van der Waals surface area contributed by atoms with Gasteiger partial charge >= 0.3 is 0 Å². The van der Waals surface area contributed by atoms with Gasteiger partial charge in [0.15, 0.2) is 0 Å². The topological polar surface area (TPSA) is 59.8 Å². The lowest BCUT2D eigenvalue weighted by atomic mass is 10.2. The molecule has 2 aromatic heterocycles. The van der Waals surface area contributed by atoms with Gasteiger partial charge in [0.2, 0.25) is 0 Å². The summed E-state index contributed by atoms with van der Waals surface area (Å²) < 4.78 is 1.94. The Labute approximate surface area is 125 Å². The average Bonchev–Trinajstić information content (AvgIpc) is 2.73. The van der Waals surface area contributed by atoms with Crippen molar-refractivity contribution < 1.29 is 4.79 Å². The third-order valence-corrected chi connectivity index (χ3v) is 3.36. The standard InChI is InChI=1S/C16H22N4O/c1-10-7-15(8-11(2)18-10)16(21)17-9-14(5)20-13(4)6-12(3)19-20/h6-8,14H,9H2,1-5H3,(H,17,21)/t14-/m1/s1. The van der Waals surface area contributed by atoms with E-state index in [1.165, 1.54) is 0 Å². The molecule has 0 radical (unpaired) electrons. The van der Waals surface area contributed by atoms with Gasteiger partial charge in [0, 0.05) is 29.2 Å². The maximum Gasteiger partial charge on any atom is 0.251 e. The quantitative estimate of drug-likeness (QED) is 0.939. The second-order valence-corrected chi connectivity index (χ2v) is 5.57. The van der Waals surface area contributed by atoms with Crippen LogP contribution in [0.15, 0.2) is 18.2 Å². The molecule has 0 fully saturated rings. The molecule has 5 heteroatoms. The van der Waals surface area contributed by atoms with E-state index in [0.717, 1.165) is 22.8 Å². The van der Waals surface area contributed by atoms with E-state index in [1.54, 1.807) is 12.1 Å². The SMILES string of the molecule is Cc1cc(C(=O)NC[C@@H](C)n2nc(C)cc2C)cc(C)n1. The summed E-state index contributed by atoms with van der Waals surface area (Å²) in [6.07, 6.45) is 0. The van der Waals surface area contributed by atoms with Crippen molar-refractivity contribution in [3.8, 4) is 0 Å². The summed E-state index contributed by atoms with van der Waals surface area (Å²) in [6, 6.07) is 5.76. The smallest absolute Gasteiger partial charge is 0.251 e. The second-order valence-electron chi connectivity index (χ2n) is 5.57. The molecular formula is C16H22N4O. The lowest BCUT2D eigenvalue weighted by Crippen LogP contribution is -2.30. The Balaban J connectivity index is 2.02. The highest BCUT2D eigenvalue weighted by Gasteiger charge is 2.12. The Morgan fingerprint density at radius 1 is 1.14 bits per heavy atom. The molecule has 0 unspecified atom stereocenters. The number of aryl methyl sites for hydroxylation is 4. The molecule has 0 aliphatic carbocycles. The van der Waals surface area contributed by atoms with Gasteiger partial charge in [-0.1, -0.05) is 0 Å². The van der Waals surface area contributed by atoms with Crippen molar-refractivity contribution in [3.63, 3.8) is 0 Å². The van der Waals surface area contributed by atoms with Gasteiger partial charge in [-0.15, -0.1) is 0 Å². The number of nitrogens with one attached hydrogen (secondary N) is 1. The zero-order chi connectivity index (χ0) is 15.6. The van der Waals surface area contributed by atoms with Crippen LogP contribution in [0.4, 0.5) is 0 Å². The maximum absolute atomic E-state index is 12.2. The summed E-state index contributed by atoms with van der Waals surface area (Å²) >= 11 is 0. The van der Waals surface area contributed by atoms with E-state index in [-0.39, 0.29) is 11.9 Å². The normalized spacial score (nSPS) is 12.2. The van der Waals surface area contributed by atoms with Gasteiger partial charge in [0.1, 0.15) is 0 Å². The van der Waals surface area contributed by atoms with Crippen LogP contribution in [0.2, 0.25) is 0 Å². The van der Waals surface area contributed by atoms with Gasteiger partial charge in [-0.2, -0.15) is 5.10 Å². The molecule has 0 aromatic carbocycles. The highest BCUT2D eigenvalue weighted by molar-refractivity contribution is 5.94. The van der Waals surface area contributed by atoms with Crippen molar-refractivity contribution in [2.45, 2.75) is 40.7 Å². The first-order valence-corrected chi connectivity index (χ1v) is 7.13. The van der Waals surface area contributed by atoms with E-state index < -0.39 is 0 Å². The van der Waals surface area contributed by atoms with Crippen LogP contribution >= 0.6 is 0 Å². The fraction of sp³-hybridized carbons (Fsp3) is 0.438. The number of nitrogens with zero attached hydrogens (tertiary/aromatic N) is 3. The Morgan fingerprint density at radius 3 is 2.29 bits per heavy atom. The van der Waals surface area contributed by atoms with E-state index in [1.807, 2.05) is 45.4 Å². The van der Waals surface area contributed by atoms with Crippen LogP contribution in [0, 0.1) is 27.7 Å². The number of carbonyl (C=O) groups is 1. The van der Waals surface area contributed by atoms with Crippen molar-refractivity contribution in [2.75, 3.05) is 6.54 Å². The maximum atomic E-state index is 12.2. The van der Waals surface area contributed by atoms with E-state index in [0.29, 0.717) is 12.1 Å². The summed E-state index contributed by atoms with van der Waals surface area (Å²) in [5.74, 6) is -0.0722. The largest absolute Gasteiger partial charge is 0.350 e. The number of pyridine rings is 1. The number of aromatic nitrogens is 3. The van der Waals surface area contributed by atoms with Crippen LogP contribution in [0.3, 0.4) is 0 Å². The van der Waals surface area contributed by atoms with E-state index in [2.05, 4.69) is 15.4 Å². The lowest BCUT2D eigenvalue weighted by Gasteiger charge is -2.15. The Kier molecular flexibility index (Phi) is 4.40. The van der Waals surface area contributed by atoms with Crippen molar-refractivity contribution in [2.24, 2.45) is 0 Å². The molecule has 2 heterocycles. The summed E-state index contributed by atoms with van der Waals surface area (Å²) in [7, 11) is 0. The van der Waals surface area contributed by atoms with Crippen molar-refractivity contribution >= 4 is 5.91 Å². The molecule has 1 N–H and O–H groups in total. The summed E-state index contributed by atoms with van der Waals surface area (Å²) in [5, 5.41) is 7.41. The molecule has 112 valence electrons. The Morgan fingerprint density at radius 2 is 1.76 bits per heavy atom. The van der Waals surface area contributed by atoms with E-state index in [9.17, 15) is 4.79 Å². The second kappa shape index (κ2) is 6.08. The minimum absolute atomic E-state index is 0.0722. The lowest BCUT2D eigenvalue weighted by molar-refractivity contribution is 0.0947. The first kappa shape index (κ1) is 15.2. The van der Waals surface area contributed by atoms with Gasteiger partial charge in [-0.05, 0) is 52.8 Å². The van der Waals surface area contributed by atoms with E-state index >= 15 is 0 Å². The van der Waals surface area contributed by atoms with Gasteiger partial charge in [-0.25, -0.2) is 0 Å². The summed E-state index contributed by atoms with van der Waals surface area (Å²) in [4.78, 5) is 16.5. The molecule has 0 saturated heterocycles. The highest BCUT2D eigenvalue weighted by atomic mass is 16.1. The molecule has 1 amide bonds. The van der Waals surface area contributed by atoms with Crippen LogP contribution in [-0.4, -0.2) is 27.2 Å². The molecule has 2 aromatic rings. The molecule has 5 nitrogen and oxygen atoms in total. The minimum atomic E-state index is -0.0722. The predicted molar refractivity (Wildman–Crippen MR) is 82.5 cm³/mol. The monoisotopic (exact) mass is 286 g/mol. The molecule has 0 aliphatic heterocycles. The molecular weight excluding hydrogens is 264 g/mol. The van der Waals surface area contributed by atoms with E-state index in [4.69, 9.17) is 0 Å². The molecule has 0 aliphatic rings. The molecule has 0 bridgehead atoms. The highest BCUT2D eigenvalue weighted by Crippen LogP contribution is 2.10. The van der Waals surface area contributed by atoms with Gasteiger partial charge in [-0.3, -0.25) is 14.5 Å². The third-order valence-electron chi connectivity index (χ3n) is 3.36. The molecule has 1 atom stereocenters. The summed E-state index contributed by atoms with van der Waals surface area (Å²) in [5.41, 5.74) is 4.45. The molecule has 0 spiro atoms. The minimum Gasteiger partial charge on any atom is -0.350 e. The Hall–Kier alpha value is -2.17. The van der Waals surface area contributed by atoms with Crippen LogP contribution in [-0.2, 0) is 0 Å². The van der Waals surface area contributed by atoms with Crippen LogP contribution < -0.4 is 5.32 Å². The molecule has 21 heavy (non-hydrogen) atoms. The number of hydrogen-bond donors (Lipinski definition) is 1. The third kappa shape index (κ3) is 3.68. The zero-order valence-corrected chi connectivity index (χ0v) is 13.3. The van der Waals surface area contributed by atoms with Crippen LogP contribution in [0.1, 0.15) is 46.1 Å². The van der Waals surface area contributed by atoms with Gasteiger partial charge < -0.3 is 5.32 Å². The zero-order valence-electron chi connectivity index (χ0n) is 13.3. The van der Waals surface area contributed by atoms with Crippen molar-refractivity contribution in [1.29, 1.82) is 0 Å². The molecule has 0 saturated carbocycles. The van der Waals surface area contributed by atoms with Crippen molar-refractivity contribution in [1.82, 2.24) is 20.1 Å². The van der Waals surface area contributed by atoms with Gasteiger partial charge in [0.05, 0.1) is 11.7 Å². The fourth-order valence-corrected chi connectivity index (χ4v) is 2.49. The number of amides is 1. The average molecular weight is 286 g/mol. The fourth-order valence-electron chi connectivity index (χ4n) is 2.49. The Bertz CT molecular complexity index is 640. The number of hydrogen-bond acceptors (Lipinski definition) is 3. The first-order valence-electron chi connectivity index (χ1n) is 7.13. The number of carbonyl (C=O) groups excluding carboxylic acids is 1. The van der Waals surface area contributed by atoms with Crippen LogP contribution in [0.5, 0.6) is 0 Å². The number of rotatable bonds is 4. The van der Waals surface area contributed by atoms with Gasteiger partial charge in [0.25, 0.3) is 5.91 Å². The van der Waals surface area contributed by atoms with Crippen LogP contribution in [0.25, 0.3) is 0 Å². The van der Waals surface area contributed by atoms with Crippen molar-refractivity contribution in [3.05, 3.63) is 46.5 Å². The first-order chi connectivity index (χ1) is 9.86.